The average molecular weight is 284 g/mol. The fourth-order valence-corrected chi connectivity index (χ4v) is 3.05. The van der Waals surface area contributed by atoms with Gasteiger partial charge in [-0.25, -0.2) is 0 Å². The van der Waals surface area contributed by atoms with Crippen LogP contribution >= 0.6 is 15.9 Å². The van der Waals surface area contributed by atoms with Crippen LogP contribution in [0.3, 0.4) is 0 Å². The summed E-state index contributed by atoms with van der Waals surface area (Å²) in [5.74, 6) is 0.423. The molecule has 1 saturated heterocycles. The van der Waals surface area contributed by atoms with Crippen molar-refractivity contribution in [2.24, 2.45) is 5.92 Å². The highest BCUT2D eigenvalue weighted by atomic mass is 79.9. The van der Waals surface area contributed by atoms with Gasteiger partial charge in [0.05, 0.1) is 0 Å². The molecular formula is C13H18BrNO. The largest absolute Gasteiger partial charge is 0.396 e. The van der Waals surface area contributed by atoms with Gasteiger partial charge in [-0.05, 0) is 24.4 Å². The third-order valence-electron chi connectivity index (χ3n) is 3.24. The Balaban J connectivity index is 1.89. The molecule has 0 amide bonds. The number of likely N-dealkylation sites (tertiary alicyclic amines) is 1. The number of halogens is 1. The number of nitrogens with zero attached hydrogens (tertiary/aromatic N) is 1. The van der Waals surface area contributed by atoms with Crippen molar-refractivity contribution in [3.63, 3.8) is 0 Å². The van der Waals surface area contributed by atoms with Crippen molar-refractivity contribution < 1.29 is 5.11 Å². The van der Waals surface area contributed by atoms with Gasteiger partial charge in [0.1, 0.15) is 0 Å². The van der Waals surface area contributed by atoms with E-state index in [1.165, 1.54) is 5.56 Å². The van der Waals surface area contributed by atoms with Crippen molar-refractivity contribution in [3.8, 4) is 0 Å². The van der Waals surface area contributed by atoms with Crippen LogP contribution in [0.4, 0.5) is 0 Å². The summed E-state index contributed by atoms with van der Waals surface area (Å²) in [6, 6.07) is 10.6. The lowest BCUT2D eigenvalue weighted by Gasteiger charge is -2.35. The van der Waals surface area contributed by atoms with Crippen LogP contribution in [0.15, 0.2) is 30.3 Å². The number of piperidine rings is 1. The van der Waals surface area contributed by atoms with Gasteiger partial charge in [0, 0.05) is 24.5 Å². The van der Waals surface area contributed by atoms with Gasteiger partial charge in [-0.2, -0.15) is 0 Å². The molecule has 0 bridgehead atoms. The van der Waals surface area contributed by atoms with E-state index in [-0.39, 0.29) is 0 Å². The predicted molar refractivity (Wildman–Crippen MR) is 69.6 cm³/mol. The Labute approximate surface area is 105 Å². The second-order valence-electron chi connectivity index (χ2n) is 4.47. The fraction of sp³-hybridized carbons (Fsp3) is 0.538. The Bertz CT molecular complexity index is 317. The summed E-state index contributed by atoms with van der Waals surface area (Å²) < 4.78 is 0. The molecule has 3 heteroatoms. The summed E-state index contributed by atoms with van der Waals surface area (Å²) in [4.78, 5) is 2.87. The second kappa shape index (κ2) is 5.80. The Morgan fingerprint density at radius 1 is 1.31 bits per heavy atom. The molecule has 2 unspecified atom stereocenters. The molecule has 88 valence electrons. The molecule has 1 fully saturated rings. The van der Waals surface area contributed by atoms with E-state index >= 15 is 0 Å². The lowest BCUT2D eigenvalue weighted by Crippen LogP contribution is -2.41. The number of rotatable bonds is 3. The zero-order valence-corrected chi connectivity index (χ0v) is 10.9. The minimum Gasteiger partial charge on any atom is -0.396 e. The summed E-state index contributed by atoms with van der Waals surface area (Å²) in [6.45, 7) is 3.43. The van der Waals surface area contributed by atoms with Crippen LogP contribution in [-0.2, 0) is 6.54 Å². The molecule has 1 aromatic rings. The first kappa shape index (κ1) is 12.1. The summed E-state index contributed by atoms with van der Waals surface area (Å²) in [6.07, 6.45) is 1.08. The lowest BCUT2D eigenvalue weighted by atomic mass is 9.97. The quantitative estimate of drug-likeness (QED) is 0.861. The number of aliphatic hydroxyl groups excluding tert-OH is 1. The van der Waals surface area contributed by atoms with Gasteiger partial charge < -0.3 is 5.11 Å². The van der Waals surface area contributed by atoms with Crippen molar-refractivity contribution >= 4 is 15.9 Å². The number of hydrogen-bond acceptors (Lipinski definition) is 2. The molecule has 2 rings (SSSR count). The van der Waals surface area contributed by atoms with Gasteiger partial charge in [0.25, 0.3) is 0 Å². The minimum atomic E-state index is 0.301. The summed E-state index contributed by atoms with van der Waals surface area (Å²) in [5.41, 5.74) is 1.37. The van der Waals surface area contributed by atoms with Crippen LogP contribution < -0.4 is 0 Å². The Morgan fingerprint density at radius 2 is 2.06 bits per heavy atom. The highest BCUT2D eigenvalue weighted by molar-refractivity contribution is 9.09. The van der Waals surface area contributed by atoms with Gasteiger partial charge in [-0.3, -0.25) is 4.90 Å². The molecule has 2 nitrogen and oxygen atoms in total. The van der Waals surface area contributed by atoms with Crippen LogP contribution in [0.25, 0.3) is 0 Å². The maximum atomic E-state index is 9.19. The zero-order chi connectivity index (χ0) is 11.4. The number of benzene rings is 1. The molecule has 1 heterocycles. The topological polar surface area (TPSA) is 23.5 Å². The van der Waals surface area contributed by atoms with Gasteiger partial charge in [0.2, 0.25) is 0 Å². The highest BCUT2D eigenvalue weighted by Crippen LogP contribution is 2.24. The smallest absolute Gasteiger partial charge is 0.0470 e. The third-order valence-corrected chi connectivity index (χ3v) is 4.28. The maximum absolute atomic E-state index is 9.19. The summed E-state index contributed by atoms with van der Waals surface area (Å²) in [7, 11) is 0. The van der Waals surface area contributed by atoms with Crippen molar-refractivity contribution in [3.05, 3.63) is 35.9 Å². The Hall–Kier alpha value is -0.380. The SMILES string of the molecule is OCC1CCN(Cc2ccccc2)CC1Br. The average Bonchev–Trinajstić information content (AvgIpc) is 2.31. The molecule has 1 aliphatic rings. The number of aliphatic hydroxyl groups is 1. The normalized spacial score (nSPS) is 26.9. The molecule has 0 radical (unpaired) electrons. The number of hydrogen-bond donors (Lipinski definition) is 1. The molecule has 0 aliphatic carbocycles. The van der Waals surface area contributed by atoms with Crippen LogP contribution in [-0.4, -0.2) is 34.5 Å². The van der Waals surface area contributed by atoms with Crippen molar-refractivity contribution in [2.75, 3.05) is 19.7 Å². The van der Waals surface area contributed by atoms with E-state index < -0.39 is 0 Å². The van der Waals surface area contributed by atoms with E-state index in [4.69, 9.17) is 0 Å². The van der Waals surface area contributed by atoms with Gasteiger partial charge >= 0.3 is 0 Å². The monoisotopic (exact) mass is 283 g/mol. The predicted octanol–water partition coefficient (Wildman–Crippen LogP) is 2.26. The molecule has 0 aromatic heterocycles. The van der Waals surface area contributed by atoms with Crippen molar-refractivity contribution in [2.45, 2.75) is 17.8 Å². The summed E-state index contributed by atoms with van der Waals surface area (Å²) >= 11 is 3.67. The van der Waals surface area contributed by atoms with Crippen molar-refractivity contribution in [1.82, 2.24) is 4.90 Å². The molecule has 1 aromatic carbocycles. The Kier molecular flexibility index (Phi) is 4.38. The summed E-state index contributed by atoms with van der Waals surface area (Å²) in [5, 5.41) is 9.19. The van der Waals surface area contributed by atoms with Crippen LogP contribution in [0, 0.1) is 5.92 Å². The number of alkyl halides is 1. The highest BCUT2D eigenvalue weighted by Gasteiger charge is 2.26. The van der Waals surface area contributed by atoms with E-state index in [0.29, 0.717) is 17.4 Å². The standard InChI is InChI=1S/C13H18BrNO/c14-13-9-15(7-6-12(13)10-16)8-11-4-2-1-3-5-11/h1-5,12-13,16H,6-10H2. The van der Waals surface area contributed by atoms with Crippen molar-refractivity contribution in [1.29, 1.82) is 0 Å². The molecule has 0 saturated carbocycles. The minimum absolute atomic E-state index is 0.301. The van der Waals surface area contributed by atoms with Gasteiger partial charge in [-0.1, -0.05) is 46.3 Å². The molecule has 1 N–H and O–H groups in total. The fourth-order valence-electron chi connectivity index (χ4n) is 2.21. The Morgan fingerprint density at radius 3 is 2.69 bits per heavy atom. The first-order chi connectivity index (χ1) is 7.79. The van der Waals surface area contributed by atoms with Crippen LogP contribution in [0.5, 0.6) is 0 Å². The van der Waals surface area contributed by atoms with E-state index in [1.807, 2.05) is 0 Å². The lowest BCUT2D eigenvalue weighted by molar-refractivity contribution is 0.135. The second-order valence-corrected chi connectivity index (χ2v) is 5.64. The third kappa shape index (κ3) is 3.06. The molecule has 1 aliphatic heterocycles. The zero-order valence-electron chi connectivity index (χ0n) is 9.35. The first-order valence-electron chi connectivity index (χ1n) is 5.81. The van der Waals surface area contributed by atoms with Crippen LogP contribution in [0.2, 0.25) is 0 Å². The first-order valence-corrected chi connectivity index (χ1v) is 6.72. The van der Waals surface area contributed by atoms with E-state index in [0.717, 1.165) is 26.1 Å². The van der Waals surface area contributed by atoms with Gasteiger partial charge in [0.15, 0.2) is 0 Å². The molecule has 2 atom stereocenters. The molecular weight excluding hydrogens is 266 g/mol. The van der Waals surface area contributed by atoms with E-state index in [2.05, 4.69) is 51.2 Å². The van der Waals surface area contributed by atoms with E-state index in [9.17, 15) is 5.11 Å². The van der Waals surface area contributed by atoms with E-state index in [1.54, 1.807) is 0 Å². The van der Waals surface area contributed by atoms with Gasteiger partial charge in [-0.15, -0.1) is 0 Å². The molecule has 0 spiro atoms. The van der Waals surface area contributed by atoms with Crippen LogP contribution in [0.1, 0.15) is 12.0 Å². The maximum Gasteiger partial charge on any atom is 0.0470 e. The molecule has 16 heavy (non-hydrogen) atoms.